The number of hydrogen-bond acceptors (Lipinski definition) is 2. The molecule has 2 nitrogen and oxygen atoms in total. The minimum Gasteiger partial charge on any atom is -0.493 e. The number of unbranched alkanes of at least 4 members (excludes halogenated alkanes) is 1. The van der Waals surface area contributed by atoms with E-state index in [-0.39, 0.29) is 0 Å². The Morgan fingerprint density at radius 3 is 2.30 bits per heavy atom. The topological polar surface area (TPSA) is 29.5 Å². The standard InChI is InChI=1S/C18H28O2/c1-2-3-4-15-9-11-18(12-10-15)20-14-17-7-5-16(13-19)6-8-17/h9-12,16-17,19H,2-8,13-14H2,1H3. The van der Waals surface area contributed by atoms with Gasteiger partial charge in [-0.3, -0.25) is 0 Å². The molecule has 0 saturated heterocycles. The van der Waals surface area contributed by atoms with Crippen molar-refractivity contribution in [2.45, 2.75) is 51.9 Å². The highest BCUT2D eigenvalue weighted by Crippen LogP contribution is 2.29. The van der Waals surface area contributed by atoms with Crippen molar-refractivity contribution in [1.82, 2.24) is 0 Å². The van der Waals surface area contributed by atoms with E-state index in [0.29, 0.717) is 18.4 Å². The molecule has 1 aromatic carbocycles. The van der Waals surface area contributed by atoms with Gasteiger partial charge in [-0.05, 0) is 68.1 Å². The predicted octanol–water partition coefficient (Wildman–Crippen LogP) is 4.21. The largest absolute Gasteiger partial charge is 0.493 e. The highest BCUT2D eigenvalue weighted by Gasteiger charge is 2.20. The number of aryl methyl sites for hydroxylation is 1. The van der Waals surface area contributed by atoms with E-state index in [1.165, 1.54) is 37.7 Å². The summed E-state index contributed by atoms with van der Waals surface area (Å²) in [7, 11) is 0. The maximum absolute atomic E-state index is 9.14. The average Bonchev–Trinajstić information content (AvgIpc) is 2.52. The lowest BCUT2D eigenvalue weighted by Crippen LogP contribution is -2.21. The van der Waals surface area contributed by atoms with Gasteiger partial charge in [-0.25, -0.2) is 0 Å². The van der Waals surface area contributed by atoms with Crippen LogP contribution in [0.15, 0.2) is 24.3 Å². The van der Waals surface area contributed by atoms with Crippen LogP contribution in [0.1, 0.15) is 51.0 Å². The third kappa shape index (κ3) is 4.82. The summed E-state index contributed by atoms with van der Waals surface area (Å²) >= 11 is 0. The van der Waals surface area contributed by atoms with E-state index in [4.69, 9.17) is 9.84 Å². The molecule has 0 spiro atoms. The van der Waals surface area contributed by atoms with Gasteiger partial charge in [0.15, 0.2) is 0 Å². The molecule has 0 aromatic heterocycles. The summed E-state index contributed by atoms with van der Waals surface area (Å²) in [4.78, 5) is 0. The van der Waals surface area contributed by atoms with Crippen LogP contribution in [0, 0.1) is 11.8 Å². The fourth-order valence-electron chi connectivity index (χ4n) is 2.93. The molecule has 1 aliphatic carbocycles. The zero-order valence-corrected chi connectivity index (χ0v) is 12.7. The van der Waals surface area contributed by atoms with E-state index < -0.39 is 0 Å². The first-order chi connectivity index (χ1) is 9.81. The van der Waals surface area contributed by atoms with Crippen molar-refractivity contribution in [3.05, 3.63) is 29.8 Å². The van der Waals surface area contributed by atoms with Gasteiger partial charge in [-0.1, -0.05) is 25.5 Å². The molecule has 1 aromatic rings. The number of benzene rings is 1. The van der Waals surface area contributed by atoms with Crippen molar-refractivity contribution >= 4 is 0 Å². The molecule has 20 heavy (non-hydrogen) atoms. The van der Waals surface area contributed by atoms with Crippen molar-refractivity contribution in [3.63, 3.8) is 0 Å². The Balaban J connectivity index is 1.71. The summed E-state index contributed by atoms with van der Waals surface area (Å²) in [5.41, 5.74) is 1.41. The van der Waals surface area contributed by atoms with Gasteiger partial charge < -0.3 is 9.84 Å². The lowest BCUT2D eigenvalue weighted by Gasteiger charge is -2.27. The van der Waals surface area contributed by atoms with Crippen molar-refractivity contribution < 1.29 is 9.84 Å². The second-order valence-electron chi connectivity index (χ2n) is 6.13. The van der Waals surface area contributed by atoms with Crippen LogP contribution in [-0.2, 0) is 6.42 Å². The van der Waals surface area contributed by atoms with Crippen molar-refractivity contribution in [2.75, 3.05) is 13.2 Å². The Labute approximate surface area is 123 Å². The van der Waals surface area contributed by atoms with Crippen molar-refractivity contribution in [1.29, 1.82) is 0 Å². The molecule has 2 rings (SSSR count). The molecule has 2 heteroatoms. The summed E-state index contributed by atoms with van der Waals surface area (Å²) in [6, 6.07) is 8.58. The summed E-state index contributed by atoms with van der Waals surface area (Å²) in [6.07, 6.45) is 8.37. The molecule has 0 atom stereocenters. The van der Waals surface area contributed by atoms with Crippen molar-refractivity contribution in [3.8, 4) is 5.75 Å². The number of rotatable bonds is 7. The first-order valence-electron chi connectivity index (χ1n) is 8.14. The second-order valence-corrected chi connectivity index (χ2v) is 6.13. The summed E-state index contributed by atoms with van der Waals surface area (Å²) in [6.45, 7) is 3.41. The minimum atomic E-state index is 0.354. The Kier molecular flexibility index (Phi) is 6.38. The lowest BCUT2D eigenvalue weighted by molar-refractivity contribution is 0.139. The molecule has 0 bridgehead atoms. The number of aliphatic hydroxyl groups is 1. The summed E-state index contributed by atoms with van der Waals surface area (Å²) in [5, 5.41) is 9.14. The molecule has 1 aliphatic rings. The number of aliphatic hydroxyl groups excluding tert-OH is 1. The normalized spacial score (nSPS) is 22.7. The zero-order valence-electron chi connectivity index (χ0n) is 12.7. The third-order valence-electron chi connectivity index (χ3n) is 4.45. The highest BCUT2D eigenvalue weighted by atomic mass is 16.5. The molecule has 1 fully saturated rings. The Bertz CT molecular complexity index is 364. The van der Waals surface area contributed by atoms with Crippen LogP contribution in [0.5, 0.6) is 5.75 Å². The van der Waals surface area contributed by atoms with Crippen molar-refractivity contribution in [2.24, 2.45) is 11.8 Å². The maximum Gasteiger partial charge on any atom is 0.119 e. The van der Waals surface area contributed by atoms with Gasteiger partial charge in [0.1, 0.15) is 5.75 Å². The predicted molar refractivity (Wildman–Crippen MR) is 83.1 cm³/mol. The Hall–Kier alpha value is -1.02. The zero-order chi connectivity index (χ0) is 14.2. The smallest absolute Gasteiger partial charge is 0.119 e. The minimum absolute atomic E-state index is 0.354. The van der Waals surface area contributed by atoms with Gasteiger partial charge in [0.05, 0.1) is 6.61 Å². The number of ether oxygens (including phenoxy) is 1. The molecular weight excluding hydrogens is 248 g/mol. The van der Waals surface area contributed by atoms with E-state index in [0.717, 1.165) is 25.2 Å². The van der Waals surface area contributed by atoms with Gasteiger partial charge in [0.25, 0.3) is 0 Å². The quantitative estimate of drug-likeness (QED) is 0.808. The van der Waals surface area contributed by atoms with Crippen LogP contribution in [-0.4, -0.2) is 18.3 Å². The first-order valence-corrected chi connectivity index (χ1v) is 8.14. The average molecular weight is 276 g/mol. The van der Waals surface area contributed by atoms with Crippen LogP contribution in [0.2, 0.25) is 0 Å². The van der Waals surface area contributed by atoms with Gasteiger partial charge in [0.2, 0.25) is 0 Å². The molecule has 0 radical (unpaired) electrons. The molecule has 1 saturated carbocycles. The Morgan fingerprint density at radius 2 is 1.70 bits per heavy atom. The Morgan fingerprint density at radius 1 is 1.05 bits per heavy atom. The highest BCUT2D eigenvalue weighted by molar-refractivity contribution is 5.27. The van der Waals surface area contributed by atoms with Gasteiger partial charge in [0, 0.05) is 6.61 Å². The molecule has 1 N–H and O–H groups in total. The van der Waals surface area contributed by atoms with E-state index in [9.17, 15) is 0 Å². The van der Waals surface area contributed by atoms with Crippen LogP contribution >= 0.6 is 0 Å². The van der Waals surface area contributed by atoms with Crippen LogP contribution in [0.3, 0.4) is 0 Å². The van der Waals surface area contributed by atoms with E-state index >= 15 is 0 Å². The van der Waals surface area contributed by atoms with E-state index in [2.05, 4.69) is 31.2 Å². The van der Waals surface area contributed by atoms with Crippen LogP contribution < -0.4 is 4.74 Å². The fourth-order valence-corrected chi connectivity index (χ4v) is 2.93. The monoisotopic (exact) mass is 276 g/mol. The molecule has 0 aliphatic heterocycles. The molecule has 0 amide bonds. The fraction of sp³-hybridized carbons (Fsp3) is 0.667. The van der Waals surface area contributed by atoms with E-state index in [1.807, 2.05) is 0 Å². The lowest BCUT2D eigenvalue weighted by atomic mass is 9.83. The maximum atomic E-state index is 9.14. The molecule has 0 unspecified atom stereocenters. The van der Waals surface area contributed by atoms with Gasteiger partial charge >= 0.3 is 0 Å². The van der Waals surface area contributed by atoms with Crippen LogP contribution in [0.4, 0.5) is 0 Å². The molecule has 112 valence electrons. The third-order valence-corrected chi connectivity index (χ3v) is 4.45. The molecular formula is C18H28O2. The van der Waals surface area contributed by atoms with E-state index in [1.54, 1.807) is 0 Å². The summed E-state index contributed by atoms with van der Waals surface area (Å²) in [5.74, 6) is 2.19. The van der Waals surface area contributed by atoms with Crippen LogP contribution in [0.25, 0.3) is 0 Å². The SMILES string of the molecule is CCCCc1ccc(OCC2CCC(CO)CC2)cc1. The number of hydrogen-bond donors (Lipinski definition) is 1. The first kappa shape index (κ1) is 15.4. The van der Waals surface area contributed by atoms with Gasteiger partial charge in [-0.2, -0.15) is 0 Å². The summed E-state index contributed by atoms with van der Waals surface area (Å²) < 4.78 is 5.91. The molecule has 0 heterocycles. The van der Waals surface area contributed by atoms with Gasteiger partial charge in [-0.15, -0.1) is 0 Å². The second kappa shape index (κ2) is 8.31.